The molecule has 6 rings (SSSR count). The Labute approximate surface area is 177 Å². The normalized spacial score (nSPS) is 17.7. The first-order valence-corrected chi connectivity index (χ1v) is 10.2. The molecule has 8 nitrogen and oxygen atoms in total. The molecule has 5 heterocycles. The molecule has 0 fully saturated rings. The van der Waals surface area contributed by atoms with E-state index in [2.05, 4.69) is 25.2 Å². The second kappa shape index (κ2) is 6.73. The minimum absolute atomic E-state index is 0.0281. The summed E-state index contributed by atoms with van der Waals surface area (Å²) < 4.78 is 3.96. The largest absolute Gasteiger partial charge is 0.345 e. The molecule has 2 amide bonds. The number of rotatable bonds is 3. The molecule has 152 valence electrons. The van der Waals surface area contributed by atoms with Crippen LogP contribution in [0.3, 0.4) is 0 Å². The molecular formula is C23H18N6O2. The first kappa shape index (κ1) is 17.8. The molecule has 2 aliphatic rings. The van der Waals surface area contributed by atoms with E-state index in [0.717, 1.165) is 29.3 Å². The lowest BCUT2D eigenvalue weighted by Crippen LogP contribution is -2.22. The van der Waals surface area contributed by atoms with Crippen LogP contribution in [0, 0.1) is 0 Å². The number of carbonyl (C=O) groups excluding carboxylic acids is 2. The number of fused-ring (bicyclic) bond motifs is 9. The number of benzene rings is 1. The first-order valence-electron chi connectivity index (χ1n) is 10.2. The molecule has 0 aliphatic carbocycles. The summed E-state index contributed by atoms with van der Waals surface area (Å²) >= 11 is 0. The Morgan fingerprint density at radius 2 is 1.81 bits per heavy atom. The lowest BCUT2D eigenvalue weighted by molar-refractivity contribution is -0.122. The Hall–Kier alpha value is -4.07. The van der Waals surface area contributed by atoms with Crippen LogP contribution in [-0.2, 0) is 22.6 Å². The maximum atomic E-state index is 12.7. The SMILES string of the molecule is O=C1NC(=O)C2=C1c1cn(nn1)C(CCc1ccncc1)Cn1cc2c2ccccc21. The summed E-state index contributed by atoms with van der Waals surface area (Å²) in [5.74, 6) is -0.829. The van der Waals surface area contributed by atoms with Gasteiger partial charge in [0, 0.05) is 41.6 Å². The van der Waals surface area contributed by atoms with Crippen molar-refractivity contribution in [2.45, 2.75) is 25.4 Å². The Morgan fingerprint density at radius 3 is 2.68 bits per heavy atom. The molecule has 1 aromatic carbocycles. The van der Waals surface area contributed by atoms with Crippen LogP contribution in [0.2, 0.25) is 0 Å². The lowest BCUT2D eigenvalue weighted by atomic mass is 9.99. The topological polar surface area (TPSA) is 94.7 Å². The predicted molar refractivity (Wildman–Crippen MR) is 114 cm³/mol. The second-order valence-corrected chi connectivity index (χ2v) is 7.88. The number of para-hydroxylation sites is 1. The van der Waals surface area contributed by atoms with Gasteiger partial charge >= 0.3 is 0 Å². The van der Waals surface area contributed by atoms with Gasteiger partial charge in [0.1, 0.15) is 5.69 Å². The fraction of sp³-hybridized carbons (Fsp3) is 0.174. The number of hydrogen-bond donors (Lipinski definition) is 1. The average molecular weight is 410 g/mol. The molecule has 1 unspecified atom stereocenters. The van der Waals surface area contributed by atoms with Gasteiger partial charge in [-0.15, -0.1) is 5.10 Å². The fourth-order valence-corrected chi connectivity index (χ4v) is 4.54. The van der Waals surface area contributed by atoms with Crippen molar-refractivity contribution in [3.05, 3.63) is 78.0 Å². The van der Waals surface area contributed by atoms with Gasteiger partial charge in [-0.1, -0.05) is 23.4 Å². The van der Waals surface area contributed by atoms with E-state index in [1.807, 2.05) is 47.3 Å². The zero-order valence-corrected chi connectivity index (χ0v) is 16.5. The highest BCUT2D eigenvalue weighted by Gasteiger charge is 2.36. The summed E-state index contributed by atoms with van der Waals surface area (Å²) in [6.45, 7) is 0.673. The number of aryl methyl sites for hydroxylation is 1. The minimum Gasteiger partial charge on any atom is -0.345 e. The summed E-state index contributed by atoms with van der Waals surface area (Å²) in [5, 5.41) is 12.0. The van der Waals surface area contributed by atoms with Gasteiger partial charge in [-0.2, -0.15) is 0 Å². The standard InChI is InChI=1S/C23H18N6O2/c30-22-20-17-12-28(19-4-2-1-3-16(17)19)11-15(6-5-14-7-9-24-10-8-14)29-13-18(26-27-29)21(20)23(31)25-22/h1-4,7-10,12-13,15H,5-6,11H2,(H,25,30,31). The number of imide groups is 1. The van der Waals surface area contributed by atoms with Crippen molar-refractivity contribution in [1.29, 1.82) is 0 Å². The van der Waals surface area contributed by atoms with Gasteiger partial charge in [0.15, 0.2) is 0 Å². The third kappa shape index (κ3) is 2.79. The van der Waals surface area contributed by atoms with Crippen molar-refractivity contribution in [3.63, 3.8) is 0 Å². The van der Waals surface area contributed by atoms with Crippen molar-refractivity contribution in [2.75, 3.05) is 0 Å². The molecule has 0 radical (unpaired) electrons. The summed E-state index contributed by atoms with van der Waals surface area (Å²) in [6, 6.07) is 12.0. The van der Waals surface area contributed by atoms with Gasteiger partial charge in [-0.3, -0.25) is 19.9 Å². The zero-order chi connectivity index (χ0) is 20.9. The molecule has 1 N–H and O–H groups in total. The number of pyridine rings is 1. The van der Waals surface area contributed by atoms with Crippen LogP contribution in [0.4, 0.5) is 0 Å². The highest BCUT2D eigenvalue weighted by molar-refractivity contribution is 6.49. The second-order valence-electron chi connectivity index (χ2n) is 7.88. The van der Waals surface area contributed by atoms with E-state index in [9.17, 15) is 9.59 Å². The molecule has 4 aromatic rings. The lowest BCUT2D eigenvalue weighted by Gasteiger charge is -2.19. The number of nitrogens with one attached hydrogen (secondary N) is 1. The molecule has 3 aromatic heterocycles. The van der Waals surface area contributed by atoms with Gasteiger partial charge in [-0.05, 0) is 36.6 Å². The average Bonchev–Trinajstić information content (AvgIpc) is 3.47. The van der Waals surface area contributed by atoms with Gasteiger partial charge in [0.25, 0.3) is 11.8 Å². The van der Waals surface area contributed by atoms with Crippen LogP contribution in [0.25, 0.3) is 22.0 Å². The molecule has 4 bridgehead atoms. The summed E-state index contributed by atoms with van der Waals surface area (Å²) in [4.78, 5) is 29.5. The van der Waals surface area contributed by atoms with Gasteiger partial charge in [0.05, 0.1) is 23.4 Å². The molecular weight excluding hydrogens is 392 g/mol. The summed E-state index contributed by atoms with van der Waals surface area (Å²) in [7, 11) is 0. The molecule has 0 saturated heterocycles. The van der Waals surface area contributed by atoms with Crippen LogP contribution >= 0.6 is 0 Å². The Bertz CT molecular complexity index is 1380. The first-order chi connectivity index (χ1) is 15.2. The quantitative estimate of drug-likeness (QED) is 0.524. The predicted octanol–water partition coefficient (Wildman–Crippen LogP) is 2.38. The highest BCUT2D eigenvalue weighted by Crippen LogP contribution is 2.37. The van der Waals surface area contributed by atoms with Crippen molar-refractivity contribution in [1.82, 2.24) is 29.9 Å². The van der Waals surface area contributed by atoms with E-state index < -0.39 is 11.8 Å². The van der Waals surface area contributed by atoms with Crippen LogP contribution in [0.15, 0.2) is 61.2 Å². The third-order valence-corrected chi connectivity index (χ3v) is 6.05. The van der Waals surface area contributed by atoms with Crippen molar-refractivity contribution in [3.8, 4) is 0 Å². The highest BCUT2D eigenvalue weighted by atomic mass is 16.2. The molecule has 2 aliphatic heterocycles. The smallest absolute Gasteiger partial charge is 0.261 e. The van der Waals surface area contributed by atoms with E-state index in [1.165, 1.54) is 5.56 Å². The summed E-state index contributed by atoms with van der Waals surface area (Å²) in [5.41, 5.74) is 4.04. The monoisotopic (exact) mass is 410 g/mol. The van der Waals surface area contributed by atoms with Crippen molar-refractivity contribution in [2.24, 2.45) is 0 Å². The Morgan fingerprint density at radius 1 is 1.00 bits per heavy atom. The molecule has 8 heteroatoms. The number of carbonyl (C=O) groups is 2. The van der Waals surface area contributed by atoms with Crippen molar-refractivity contribution >= 4 is 33.9 Å². The maximum absolute atomic E-state index is 12.7. The minimum atomic E-state index is -0.433. The summed E-state index contributed by atoms with van der Waals surface area (Å²) in [6.07, 6.45) is 9.05. The molecule has 31 heavy (non-hydrogen) atoms. The number of hydrogen-bond acceptors (Lipinski definition) is 5. The van der Waals surface area contributed by atoms with Crippen molar-refractivity contribution < 1.29 is 9.59 Å². The van der Waals surface area contributed by atoms with Crippen LogP contribution in [-0.4, -0.2) is 36.4 Å². The van der Waals surface area contributed by atoms with E-state index >= 15 is 0 Å². The number of amides is 2. The van der Waals surface area contributed by atoms with E-state index in [0.29, 0.717) is 17.8 Å². The van der Waals surface area contributed by atoms with E-state index in [-0.39, 0.29) is 11.6 Å². The van der Waals surface area contributed by atoms with E-state index in [1.54, 1.807) is 18.6 Å². The van der Waals surface area contributed by atoms with Gasteiger partial charge in [-0.25, -0.2) is 4.68 Å². The fourth-order valence-electron chi connectivity index (χ4n) is 4.54. The molecule has 1 atom stereocenters. The maximum Gasteiger partial charge on any atom is 0.261 e. The molecule has 0 spiro atoms. The van der Waals surface area contributed by atoms with Crippen LogP contribution < -0.4 is 5.32 Å². The Kier molecular flexibility index (Phi) is 3.86. The van der Waals surface area contributed by atoms with Gasteiger partial charge in [0.2, 0.25) is 0 Å². The number of aromatic nitrogens is 5. The number of nitrogens with zero attached hydrogens (tertiary/aromatic N) is 5. The van der Waals surface area contributed by atoms with E-state index in [4.69, 9.17) is 0 Å². The van der Waals surface area contributed by atoms with Crippen LogP contribution in [0.5, 0.6) is 0 Å². The third-order valence-electron chi connectivity index (χ3n) is 6.05. The Balaban J connectivity index is 1.52. The van der Waals surface area contributed by atoms with Crippen LogP contribution in [0.1, 0.15) is 29.3 Å². The zero-order valence-electron chi connectivity index (χ0n) is 16.5. The molecule has 0 saturated carbocycles. The van der Waals surface area contributed by atoms with Gasteiger partial charge < -0.3 is 4.57 Å².